The van der Waals surface area contributed by atoms with Gasteiger partial charge in [-0.25, -0.2) is 9.37 Å². The SMILES string of the molecule is N=C(N)c1ccnc(Oc2ccc(F)cc2Br)c1. The number of benzene rings is 1. The predicted molar refractivity (Wildman–Crippen MR) is 69.4 cm³/mol. The molecular weight excluding hydrogens is 301 g/mol. The highest BCUT2D eigenvalue weighted by Crippen LogP contribution is 2.29. The lowest BCUT2D eigenvalue weighted by molar-refractivity contribution is 0.458. The molecule has 0 saturated carbocycles. The Balaban J connectivity index is 2.28. The number of ether oxygens (including phenoxy) is 1. The average Bonchev–Trinajstić information content (AvgIpc) is 2.33. The van der Waals surface area contributed by atoms with Gasteiger partial charge in [-0.1, -0.05) is 0 Å². The number of rotatable bonds is 3. The van der Waals surface area contributed by atoms with Crippen LogP contribution in [0.2, 0.25) is 0 Å². The second-order valence-electron chi connectivity index (χ2n) is 3.47. The Bertz CT molecular complexity index is 604. The van der Waals surface area contributed by atoms with Crippen LogP contribution in [-0.2, 0) is 0 Å². The Kier molecular flexibility index (Phi) is 3.57. The van der Waals surface area contributed by atoms with E-state index in [0.29, 0.717) is 15.8 Å². The molecule has 0 radical (unpaired) electrons. The van der Waals surface area contributed by atoms with Gasteiger partial charge in [0.05, 0.1) is 4.47 Å². The molecule has 1 heterocycles. The number of aromatic nitrogens is 1. The quantitative estimate of drug-likeness (QED) is 0.676. The monoisotopic (exact) mass is 309 g/mol. The summed E-state index contributed by atoms with van der Waals surface area (Å²) >= 11 is 3.19. The van der Waals surface area contributed by atoms with Gasteiger partial charge in [0.2, 0.25) is 5.88 Å². The number of nitrogens with zero attached hydrogens (tertiary/aromatic N) is 1. The van der Waals surface area contributed by atoms with Crippen LogP contribution in [0.5, 0.6) is 11.6 Å². The first-order valence-electron chi connectivity index (χ1n) is 4.99. The second kappa shape index (κ2) is 5.14. The van der Waals surface area contributed by atoms with E-state index in [1.807, 2.05) is 0 Å². The molecule has 0 atom stereocenters. The van der Waals surface area contributed by atoms with Gasteiger partial charge < -0.3 is 10.5 Å². The molecule has 0 bridgehead atoms. The number of nitrogen functional groups attached to an aromatic ring is 1. The van der Waals surface area contributed by atoms with Crippen molar-refractivity contribution >= 4 is 21.8 Å². The van der Waals surface area contributed by atoms with Crippen molar-refractivity contribution in [3.8, 4) is 11.6 Å². The van der Waals surface area contributed by atoms with E-state index in [4.69, 9.17) is 15.9 Å². The molecule has 0 fully saturated rings. The summed E-state index contributed by atoms with van der Waals surface area (Å²) in [4.78, 5) is 3.99. The number of amidine groups is 1. The lowest BCUT2D eigenvalue weighted by atomic mass is 10.2. The lowest BCUT2D eigenvalue weighted by Crippen LogP contribution is -2.11. The summed E-state index contributed by atoms with van der Waals surface area (Å²) in [5.41, 5.74) is 5.88. The van der Waals surface area contributed by atoms with Gasteiger partial charge in [-0.15, -0.1) is 0 Å². The van der Waals surface area contributed by atoms with Gasteiger partial charge in [-0.05, 0) is 40.2 Å². The van der Waals surface area contributed by atoms with E-state index in [2.05, 4.69) is 20.9 Å². The molecule has 0 aliphatic carbocycles. The largest absolute Gasteiger partial charge is 0.438 e. The molecule has 2 aromatic rings. The fraction of sp³-hybridized carbons (Fsp3) is 0. The molecule has 0 amide bonds. The summed E-state index contributed by atoms with van der Waals surface area (Å²) in [7, 11) is 0. The van der Waals surface area contributed by atoms with Gasteiger partial charge >= 0.3 is 0 Å². The summed E-state index contributed by atoms with van der Waals surface area (Å²) in [6.07, 6.45) is 1.49. The van der Waals surface area contributed by atoms with Crippen LogP contribution >= 0.6 is 15.9 Å². The number of nitrogens with one attached hydrogen (secondary N) is 1. The molecule has 6 heteroatoms. The molecule has 0 unspecified atom stereocenters. The molecule has 18 heavy (non-hydrogen) atoms. The Hall–Kier alpha value is -1.95. The minimum Gasteiger partial charge on any atom is -0.438 e. The molecule has 92 valence electrons. The molecule has 2 rings (SSSR count). The molecular formula is C12H9BrFN3O. The molecule has 0 saturated heterocycles. The van der Waals surface area contributed by atoms with E-state index in [1.165, 1.54) is 30.5 Å². The smallest absolute Gasteiger partial charge is 0.219 e. The zero-order chi connectivity index (χ0) is 13.1. The van der Waals surface area contributed by atoms with E-state index in [-0.39, 0.29) is 17.5 Å². The van der Waals surface area contributed by atoms with Crippen molar-refractivity contribution in [3.05, 3.63) is 52.4 Å². The predicted octanol–water partition coefficient (Wildman–Crippen LogP) is 3.06. The van der Waals surface area contributed by atoms with Gasteiger partial charge in [0.25, 0.3) is 0 Å². The Morgan fingerprint density at radius 1 is 1.33 bits per heavy atom. The Morgan fingerprint density at radius 2 is 2.11 bits per heavy atom. The zero-order valence-electron chi connectivity index (χ0n) is 9.15. The first kappa shape index (κ1) is 12.5. The van der Waals surface area contributed by atoms with Crippen molar-refractivity contribution < 1.29 is 9.13 Å². The fourth-order valence-electron chi connectivity index (χ4n) is 1.30. The van der Waals surface area contributed by atoms with Crippen LogP contribution in [0.15, 0.2) is 41.0 Å². The normalized spacial score (nSPS) is 10.1. The van der Waals surface area contributed by atoms with Crippen LogP contribution in [0, 0.1) is 11.2 Å². The number of hydrogen-bond acceptors (Lipinski definition) is 3. The lowest BCUT2D eigenvalue weighted by Gasteiger charge is -2.07. The third-order valence-electron chi connectivity index (χ3n) is 2.15. The topological polar surface area (TPSA) is 72.0 Å². The number of halogens is 2. The van der Waals surface area contributed by atoms with Crippen molar-refractivity contribution in [1.82, 2.24) is 4.98 Å². The van der Waals surface area contributed by atoms with Crippen molar-refractivity contribution in [2.24, 2.45) is 5.73 Å². The third kappa shape index (κ3) is 2.84. The highest BCUT2D eigenvalue weighted by atomic mass is 79.9. The number of pyridine rings is 1. The van der Waals surface area contributed by atoms with Crippen molar-refractivity contribution in [3.63, 3.8) is 0 Å². The molecule has 0 spiro atoms. The first-order chi connectivity index (χ1) is 8.56. The van der Waals surface area contributed by atoms with Gasteiger partial charge in [0.1, 0.15) is 17.4 Å². The first-order valence-corrected chi connectivity index (χ1v) is 5.79. The second-order valence-corrected chi connectivity index (χ2v) is 4.33. The van der Waals surface area contributed by atoms with Crippen LogP contribution in [0.25, 0.3) is 0 Å². The standard InChI is InChI=1S/C12H9BrFN3O/c13-9-6-8(14)1-2-10(9)18-11-5-7(12(15)16)3-4-17-11/h1-6H,(H3,15,16). The highest BCUT2D eigenvalue weighted by molar-refractivity contribution is 9.10. The maximum Gasteiger partial charge on any atom is 0.219 e. The Morgan fingerprint density at radius 3 is 2.78 bits per heavy atom. The molecule has 0 aliphatic heterocycles. The minimum absolute atomic E-state index is 0.0691. The summed E-state index contributed by atoms with van der Waals surface area (Å²) in [5, 5.41) is 7.32. The highest BCUT2D eigenvalue weighted by Gasteiger charge is 2.06. The van der Waals surface area contributed by atoms with E-state index in [1.54, 1.807) is 6.07 Å². The molecule has 0 aliphatic rings. The summed E-state index contributed by atoms with van der Waals surface area (Å²) < 4.78 is 18.9. The van der Waals surface area contributed by atoms with Gasteiger partial charge in [-0.2, -0.15) is 0 Å². The van der Waals surface area contributed by atoms with Crippen LogP contribution in [0.3, 0.4) is 0 Å². The van der Waals surface area contributed by atoms with Crippen LogP contribution in [-0.4, -0.2) is 10.8 Å². The fourth-order valence-corrected chi connectivity index (χ4v) is 1.74. The van der Waals surface area contributed by atoms with Gasteiger partial charge in [0, 0.05) is 17.8 Å². The molecule has 1 aromatic heterocycles. The van der Waals surface area contributed by atoms with Crippen LogP contribution < -0.4 is 10.5 Å². The molecule has 3 N–H and O–H groups in total. The Labute approximate surface area is 111 Å². The van der Waals surface area contributed by atoms with Crippen LogP contribution in [0.4, 0.5) is 4.39 Å². The van der Waals surface area contributed by atoms with Crippen molar-refractivity contribution in [2.75, 3.05) is 0 Å². The third-order valence-corrected chi connectivity index (χ3v) is 2.77. The van der Waals surface area contributed by atoms with E-state index in [9.17, 15) is 4.39 Å². The number of nitrogens with two attached hydrogens (primary N) is 1. The van der Waals surface area contributed by atoms with Crippen molar-refractivity contribution in [2.45, 2.75) is 0 Å². The molecule has 4 nitrogen and oxygen atoms in total. The van der Waals surface area contributed by atoms with E-state index in [0.717, 1.165) is 0 Å². The summed E-state index contributed by atoms with van der Waals surface area (Å²) in [5.74, 6) is 0.291. The van der Waals surface area contributed by atoms with Gasteiger partial charge in [0.15, 0.2) is 0 Å². The van der Waals surface area contributed by atoms with Crippen molar-refractivity contribution in [1.29, 1.82) is 5.41 Å². The summed E-state index contributed by atoms with van der Waals surface area (Å²) in [6, 6.07) is 7.22. The maximum absolute atomic E-state index is 12.9. The van der Waals surface area contributed by atoms with Gasteiger partial charge in [-0.3, -0.25) is 5.41 Å². The minimum atomic E-state index is -0.361. The van der Waals surface area contributed by atoms with E-state index < -0.39 is 0 Å². The maximum atomic E-state index is 12.9. The van der Waals surface area contributed by atoms with E-state index >= 15 is 0 Å². The zero-order valence-corrected chi connectivity index (χ0v) is 10.7. The molecule has 1 aromatic carbocycles. The van der Waals surface area contributed by atoms with Crippen LogP contribution in [0.1, 0.15) is 5.56 Å². The average molecular weight is 310 g/mol. The number of hydrogen-bond donors (Lipinski definition) is 2. The summed E-state index contributed by atoms with van der Waals surface area (Å²) in [6.45, 7) is 0.